The van der Waals surface area contributed by atoms with Crippen molar-refractivity contribution in [1.29, 1.82) is 0 Å². The monoisotopic (exact) mass is 516 g/mol. The third-order valence-electron chi connectivity index (χ3n) is 6.35. The minimum absolute atomic E-state index is 0.339. The second-order valence-corrected chi connectivity index (χ2v) is 9.22. The van der Waals surface area contributed by atoms with E-state index in [0.29, 0.717) is 5.56 Å². The molecule has 2 amide bonds. The Balaban J connectivity index is 1.52. The normalized spacial score (nSPS) is 11.6. The number of carbonyl (C=O) groups excluding carboxylic acids is 3. The van der Waals surface area contributed by atoms with Gasteiger partial charge in [-0.05, 0) is 61.0 Å². The molecule has 38 heavy (non-hydrogen) atoms. The summed E-state index contributed by atoms with van der Waals surface area (Å²) in [6.45, 7) is 1.98. The zero-order valence-corrected chi connectivity index (χ0v) is 22.2. The number of nitrogens with one attached hydrogen (secondary N) is 2. The van der Waals surface area contributed by atoms with Gasteiger partial charge in [0.2, 0.25) is 5.91 Å². The number of benzene rings is 3. The van der Waals surface area contributed by atoms with Crippen molar-refractivity contribution in [2.24, 2.45) is 0 Å². The molecule has 1 unspecified atom stereocenters. The van der Waals surface area contributed by atoms with Gasteiger partial charge in [0.1, 0.15) is 6.61 Å². The predicted octanol–water partition coefficient (Wildman–Crippen LogP) is 3.04. The van der Waals surface area contributed by atoms with Gasteiger partial charge in [0, 0.05) is 38.4 Å². The number of aliphatic hydroxyl groups excluding tert-OH is 1. The first-order chi connectivity index (χ1) is 18.3. The number of hydrogen-bond donors (Lipinski definition) is 3. The van der Waals surface area contributed by atoms with Gasteiger partial charge in [-0.2, -0.15) is 0 Å². The van der Waals surface area contributed by atoms with E-state index in [1.54, 1.807) is 12.1 Å². The zero-order valence-electron chi connectivity index (χ0n) is 22.2. The molecule has 3 rings (SSSR count). The van der Waals surface area contributed by atoms with E-state index in [9.17, 15) is 19.5 Å². The number of aliphatic hydroxyl groups is 1. The van der Waals surface area contributed by atoms with E-state index in [-0.39, 0.29) is 0 Å². The number of ketones is 1. The van der Waals surface area contributed by atoms with Crippen LogP contribution in [0.1, 0.15) is 22.3 Å². The Bertz CT molecular complexity index is 1180. The van der Waals surface area contributed by atoms with Crippen LogP contribution in [0.25, 0.3) is 11.1 Å². The molecule has 0 aliphatic heterocycles. The van der Waals surface area contributed by atoms with E-state index < -0.39 is 30.2 Å². The molecule has 0 saturated heterocycles. The highest BCUT2D eigenvalue weighted by Crippen LogP contribution is 2.22. The molecule has 3 aromatic rings. The molecule has 3 N–H and O–H groups in total. The van der Waals surface area contributed by atoms with E-state index >= 15 is 0 Å². The van der Waals surface area contributed by atoms with E-state index in [2.05, 4.69) is 46.8 Å². The Hall–Kier alpha value is -4.01. The molecular formula is C30H36N4O4. The van der Waals surface area contributed by atoms with Crippen LogP contribution in [0.2, 0.25) is 0 Å². The summed E-state index contributed by atoms with van der Waals surface area (Å²) in [5.41, 5.74) is 4.64. The molecule has 200 valence electrons. The first-order valence-electron chi connectivity index (χ1n) is 12.6. The van der Waals surface area contributed by atoms with Crippen molar-refractivity contribution in [2.75, 3.05) is 46.2 Å². The second kappa shape index (κ2) is 14.1. The zero-order chi connectivity index (χ0) is 27.5. The maximum absolute atomic E-state index is 12.9. The number of nitrogens with zero attached hydrogens (tertiary/aromatic N) is 2. The molecule has 0 saturated carbocycles. The molecule has 0 fully saturated rings. The van der Waals surface area contributed by atoms with E-state index in [4.69, 9.17) is 0 Å². The minimum atomic E-state index is -1.39. The van der Waals surface area contributed by atoms with Gasteiger partial charge in [0.15, 0.2) is 11.8 Å². The highest BCUT2D eigenvalue weighted by atomic mass is 16.3. The van der Waals surface area contributed by atoms with Crippen LogP contribution in [0.5, 0.6) is 0 Å². The van der Waals surface area contributed by atoms with Gasteiger partial charge in [0.05, 0.1) is 0 Å². The quantitative estimate of drug-likeness (QED) is 0.239. The van der Waals surface area contributed by atoms with Crippen molar-refractivity contribution < 1.29 is 19.5 Å². The van der Waals surface area contributed by atoms with Crippen molar-refractivity contribution in [1.82, 2.24) is 15.1 Å². The topological polar surface area (TPSA) is 102 Å². The number of anilines is 1. The smallest absolute Gasteiger partial charge is 0.254 e. The largest absolute Gasteiger partial charge is 0.388 e. The molecule has 8 nitrogen and oxygen atoms in total. The van der Waals surface area contributed by atoms with Crippen LogP contribution >= 0.6 is 0 Å². The maximum atomic E-state index is 12.9. The van der Waals surface area contributed by atoms with Gasteiger partial charge in [-0.1, -0.05) is 54.6 Å². The summed E-state index contributed by atoms with van der Waals surface area (Å²) in [5, 5.41) is 15.0. The van der Waals surface area contributed by atoms with E-state index in [1.807, 2.05) is 42.5 Å². The molecule has 0 bridgehead atoms. The number of likely N-dealkylation sites (N-methyl/N-ethyl adjacent to an activating group) is 2. The summed E-state index contributed by atoms with van der Waals surface area (Å²) in [6.07, 6.45) is 1.03. The van der Waals surface area contributed by atoms with Gasteiger partial charge < -0.3 is 25.5 Å². The number of Topliss-reactive ketones (excluding diaryl/α,β-unsaturated/α-hetero) is 1. The van der Waals surface area contributed by atoms with Crippen LogP contribution in [-0.2, 0) is 16.1 Å². The Morgan fingerprint density at radius 3 is 2.05 bits per heavy atom. The van der Waals surface area contributed by atoms with Crippen molar-refractivity contribution in [3.63, 3.8) is 0 Å². The minimum Gasteiger partial charge on any atom is -0.388 e. The lowest BCUT2D eigenvalue weighted by Crippen LogP contribution is -2.52. The first kappa shape index (κ1) is 28.6. The Morgan fingerprint density at radius 2 is 1.47 bits per heavy atom. The molecule has 0 aromatic heterocycles. The van der Waals surface area contributed by atoms with Crippen LogP contribution in [0.3, 0.4) is 0 Å². The van der Waals surface area contributed by atoms with Crippen LogP contribution in [0.15, 0.2) is 78.9 Å². The molecule has 0 aliphatic carbocycles. The summed E-state index contributed by atoms with van der Waals surface area (Å²) in [4.78, 5) is 40.4. The third kappa shape index (κ3) is 7.74. The van der Waals surface area contributed by atoms with Gasteiger partial charge >= 0.3 is 0 Å². The van der Waals surface area contributed by atoms with Crippen molar-refractivity contribution >= 4 is 23.3 Å². The molecule has 1 atom stereocenters. The lowest BCUT2D eigenvalue weighted by Gasteiger charge is -2.25. The standard InChI is InChI=1S/C30H36N4O4/c1-31-29(37)28(27(36)21-35)34(3)30(38)25-12-10-23(11-13-25)24-14-16-26(17-15-24)32-18-7-19-33(2)20-22-8-5-4-6-9-22/h4-6,8-17,28,32,35H,7,18-21H2,1-3H3,(H,31,37). The fourth-order valence-corrected chi connectivity index (χ4v) is 4.22. The van der Waals surface area contributed by atoms with Crippen molar-refractivity contribution in [3.8, 4) is 11.1 Å². The van der Waals surface area contributed by atoms with Crippen molar-refractivity contribution in [3.05, 3.63) is 90.0 Å². The Morgan fingerprint density at radius 1 is 0.868 bits per heavy atom. The summed E-state index contributed by atoms with van der Waals surface area (Å²) in [6, 6.07) is 24.2. The molecule has 3 aromatic carbocycles. The average Bonchev–Trinajstić information content (AvgIpc) is 2.95. The molecule has 0 aliphatic rings. The number of rotatable bonds is 13. The lowest BCUT2D eigenvalue weighted by atomic mass is 10.0. The Labute approximate surface area is 224 Å². The maximum Gasteiger partial charge on any atom is 0.254 e. The fourth-order valence-electron chi connectivity index (χ4n) is 4.22. The van der Waals surface area contributed by atoms with E-state index in [0.717, 1.165) is 47.8 Å². The summed E-state index contributed by atoms with van der Waals surface area (Å²) < 4.78 is 0. The fraction of sp³-hybridized carbons (Fsp3) is 0.300. The van der Waals surface area contributed by atoms with Gasteiger partial charge in [0.25, 0.3) is 5.91 Å². The first-order valence-corrected chi connectivity index (χ1v) is 12.6. The highest BCUT2D eigenvalue weighted by Gasteiger charge is 2.32. The van der Waals surface area contributed by atoms with Crippen LogP contribution in [0, 0.1) is 0 Å². The Kier molecular flexibility index (Phi) is 10.6. The number of hydrogen-bond acceptors (Lipinski definition) is 6. The SMILES string of the molecule is CNC(=O)C(C(=O)CO)N(C)C(=O)c1ccc(-c2ccc(NCCCN(C)Cc3ccccc3)cc2)cc1. The average molecular weight is 517 g/mol. The molecular weight excluding hydrogens is 480 g/mol. The highest BCUT2D eigenvalue weighted by molar-refractivity contribution is 6.10. The van der Waals surface area contributed by atoms with Crippen LogP contribution < -0.4 is 10.6 Å². The van der Waals surface area contributed by atoms with Gasteiger partial charge in [-0.3, -0.25) is 14.4 Å². The van der Waals surface area contributed by atoms with Crippen molar-refractivity contribution in [2.45, 2.75) is 19.0 Å². The van der Waals surface area contributed by atoms with Crippen LogP contribution in [0.4, 0.5) is 5.69 Å². The van der Waals surface area contributed by atoms with E-state index in [1.165, 1.54) is 19.7 Å². The van der Waals surface area contributed by atoms with Gasteiger partial charge in [-0.15, -0.1) is 0 Å². The number of amides is 2. The third-order valence-corrected chi connectivity index (χ3v) is 6.35. The van der Waals surface area contributed by atoms with Crippen LogP contribution in [-0.4, -0.2) is 79.4 Å². The molecule has 8 heteroatoms. The molecule has 0 heterocycles. The lowest BCUT2D eigenvalue weighted by molar-refractivity contribution is -0.135. The summed E-state index contributed by atoms with van der Waals surface area (Å²) in [5.74, 6) is -1.88. The molecule has 0 spiro atoms. The predicted molar refractivity (Wildman–Crippen MR) is 150 cm³/mol. The van der Waals surface area contributed by atoms with Gasteiger partial charge in [-0.25, -0.2) is 0 Å². The summed E-state index contributed by atoms with van der Waals surface area (Å²) in [7, 11) is 4.88. The molecule has 0 radical (unpaired) electrons. The summed E-state index contributed by atoms with van der Waals surface area (Å²) >= 11 is 0. The second-order valence-electron chi connectivity index (χ2n) is 9.22. The number of carbonyl (C=O) groups is 3.